The summed E-state index contributed by atoms with van der Waals surface area (Å²) < 4.78 is 24.7. The Balaban J connectivity index is 1.49. The van der Waals surface area contributed by atoms with Gasteiger partial charge in [-0.1, -0.05) is 19.1 Å². The normalized spacial score (nSPS) is 22.1. The monoisotopic (exact) mass is 365 g/mol. The zero-order valence-corrected chi connectivity index (χ0v) is 15.6. The molecule has 1 aromatic carbocycles. The minimum absolute atomic E-state index is 0.101. The Morgan fingerprint density at radius 1 is 1.16 bits per heavy atom. The summed E-state index contributed by atoms with van der Waals surface area (Å²) in [5.74, 6) is 0.682. The summed E-state index contributed by atoms with van der Waals surface area (Å²) in [6, 6.07) is 7.83. The summed E-state index contributed by atoms with van der Waals surface area (Å²) in [6.07, 6.45) is 3.11. The maximum Gasteiger partial charge on any atom is 0.239 e. The Labute approximate surface area is 150 Å². The largest absolute Gasteiger partial charge is 0.325 e. The smallest absolute Gasteiger partial charge is 0.239 e. The molecule has 25 heavy (non-hydrogen) atoms. The van der Waals surface area contributed by atoms with Crippen molar-refractivity contribution in [3.8, 4) is 0 Å². The number of carbonyl (C=O) groups excluding carboxylic acids is 1. The van der Waals surface area contributed by atoms with Gasteiger partial charge in [-0.15, -0.1) is 0 Å². The van der Waals surface area contributed by atoms with E-state index in [0.717, 1.165) is 25.6 Å². The molecule has 0 spiro atoms. The van der Waals surface area contributed by atoms with Gasteiger partial charge in [0.15, 0.2) is 0 Å². The quantitative estimate of drug-likeness (QED) is 0.865. The summed E-state index contributed by atoms with van der Waals surface area (Å²) in [6.45, 7) is 5.86. The van der Waals surface area contributed by atoms with Crippen LogP contribution in [-0.4, -0.2) is 55.5 Å². The Kier molecular flexibility index (Phi) is 5.76. The average Bonchev–Trinajstić information content (AvgIpc) is 2.90. The number of piperidine rings is 1. The van der Waals surface area contributed by atoms with Crippen LogP contribution in [0.15, 0.2) is 24.3 Å². The number of amides is 1. The Morgan fingerprint density at radius 3 is 2.44 bits per heavy atom. The summed E-state index contributed by atoms with van der Waals surface area (Å²) >= 11 is 0. The molecule has 0 aliphatic carbocycles. The number of likely N-dealkylation sites (tertiary alicyclic amines) is 1. The lowest BCUT2D eigenvalue weighted by molar-refractivity contribution is -0.116. The molecule has 0 bridgehead atoms. The van der Waals surface area contributed by atoms with E-state index in [9.17, 15) is 13.2 Å². The zero-order valence-electron chi connectivity index (χ0n) is 14.8. The molecule has 0 radical (unpaired) electrons. The zero-order chi connectivity index (χ0) is 17.9. The topological polar surface area (TPSA) is 69.7 Å². The first-order valence-electron chi connectivity index (χ1n) is 9.01. The third kappa shape index (κ3) is 5.03. The molecular formula is C18H27N3O3S. The lowest BCUT2D eigenvalue weighted by atomic mass is 9.99. The Bertz CT molecular complexity index is 695. The second-order valence-corrected chi connectivity index (χ2v) is 9.30. The maximum absolute atomic E-state index is 12.1. The van der Waals surface area contributed by atoms with Crippen molar-refractivity contribution in [1.29, 1.82) is 0 Å². The van der Waals surface area contributed by atoms with Crippen molar-refractivity contribution in [1.82, 2.24) is 9.21 Å². The van der Waals surface area contributed by atoms with Crippen LogP contribution in [0.1, 0.15) is 31.7 Å². The van der Waals surface area contributed by atoms with Gasteiger partial charge in [-0.05, 0) is 56.0 Å². The highest BCUT2D eigenvalue weighted by atomic mass is 32.2. The maximum atomic E-state index is 12.1. The van der Waals surface area contributed by atoms with Crippen LogP contribution in [0.3, 0.4) is 0 Å². The SMILES string of the molecule is CC1CCN(Cc2ccc(NC(=O)CN3CCCS3(=O)=O)cc2)CC1. The van der Waals surface area contributed by atoms with Crippen molar-refractivity contribution >= 4 is 21.6 Å². The number of benzene rings is 1. The molecule has 2 fully saturated rings. The van der Waals surface area contributed by atoms with Gasteiger partial charge in [-0.2, -0.15) is 4.31 Å². The van der Waals surface area contributed by atoms with E-state index >= 15 is 0 Å². The Hall–Kier alpha value is -1.44. The fourth-order valence-corrected chi connectivity index (χ4v) is 4.87. The molecule has 2 aliphatic heterocycles. The molecule has 0 aromatic heterocycles. The number of anilines is 1. The predicted octanol–water partition coefficient (Wildman–Crippen LogP) is 1.89. The predicted molar refractivity (Wildman–Crippen MR) is 98.7 cm³/mol. The summed E-state index contributed by atoms with van der Waals surface area (Å²) in [7, 11) is -3.23. The molecule has 0 saturated carbocycles. The first-order chi connectivity index (χ1) is 11.9. The van der Waals surface area contributed by atoms with Crippen molar-refractivity contribution < 1.29 is 13.2 Å². The van der Waals surface area contributed by atoms with Gasteiger partial charge < -0.3 is 5.32 Å². The van der Waals surface area contributed by atoms with Crippen LogP contribution in [0.5, 0.6) is 0 Å². The third-order valence-corrected chi connectivity index (χ3v) is 6.95. The summed E-state index contributed by atoms with van der Waals surface area (Å²) in [4.78, 5) is 14.5. The number of sulfonamides is 1. The third-order valence-electron chi connectivity index (χ3n) is 5.04. The van der Waals surface area contributed by atoms with E-state index in [1.807, 2.05) is 24.3 Å². The van der Waals surface area contributed by atoms with E-state index in [-0.39, 0.29) is 18.2 Å². The van der Waals surface area contributed by atoms with Crippen molar-refractivity contribution in [3.05, 3.63) is 29.8 Å². The van der Waals surface area contributed by atoms with Crippen molar-refractivity contribution in [2.24, 2.45) is 5.92 Å². The first kappa shape index (κ1) is 18.4. The molecule has 2 aliphatic rings. The van der Waals surface area contributed by atoms with Crippen LogP contribution in [0.2, 0.25) is 0 Å². The minimum atomic E-state index is -3.23. The van der Waals surface area contributed by atoms with Gasteiger partial charge in [0.25, 0.3) is 0 Å². The molecule has 2 heterocycles. The average molecular weight is 365 g/mol. The lowest BCUT2D eigenvalue weighted by Gasteiger charge is -2.30. The molecule has 1 aromatic rings. The van der Waals surface area contributed by atoms with Crippen LogP contribution in [0.25, 0.3) is 0 Å². The van der Waals surface area contributed by atoms with E-state index < -0.39 is 10.0 Å². The van der Waals surface area contributed by atoms with Crippen LogP contribution in [-0.2, 0) is 21.4 Å². The van der Waals surface area contributed by atoms with Gasteiger partial charge in [0.05, 0.1) is 12.3 Å². The molecular weight excluding hydrogens is 338 g/mol. The minimum Gasteiger partial charge on any atom is -0.325 e. The number of hydrogen-bond donors (Lipinski definition) is 1. The number of rotatable bonds is 5. The number of nitrogens with zero attached hydrogens (tertiary/aromatic N) is 2. The standard InChI is InChI=1S/C18H27N3O3S/c1-15-7-10-20(11-8-15)13-16-3-5-17(6-4-16)19-18(22)14-21-9-2-12-25(21,23)24/h3-6,15H,2,7-14H2,1H3,(H,19,22). The van der Waals surface area contributed by atoms with Gasteiger partial charge in [-0.25, -0.2) is 8.42 Å². The van der Waals surface area contributed by atoms with Crippen LogP contribution in [0, 0.1) is 5.92 Å². The van der Waals surface area contributed by atoms with Crippen LogP contribution >= 0.6 is 0 Å². The van der Waals surface area contributed by atoms with Gasteiger partial charge in [0.1, 0.15) is 0 Å². The summed E-state index contributed by atoms with van der Waals surface area (Å²) in [5.41, 5.74) is 1.94. The van der Waals surface area contributed by atoms with Crippen LogP contribution < -0.4 is 5.32 Å². The molecule has 3 rings (SSSR count). The Morgan fingerprint density at radius 2 is 1.84 bits per heavy atom. The van der Waals surface area contributed by atoms with E-state index in [1.165, 1.54) is 22.7 Å². The van der Waals surface area contributed by atoms with Crippen molar-refractivity contribution in [2.45, 2.75) is 32.7 Å². The number of hydrogen-bond acceptors (Lipinski definition) is 4. The second kappa shape index (κ2) is 7.85. The first-order valence-corrected chi connectivity index (χ1v) is 10.6. The highest BCUT2D eigenvalue weighted by Gasteiger charge is 2.29. The van der Waals surface area contributed by atoms with E-state index in [4.69, 9.17) is 0 Å². The molecule has 1 amide bonds. The molecule has 1 N–H and O–H groups in total. The number of carbonyl (C=O) groups is 1. The van der Waals surface area contributed by atoms with E-state index in [1.54, 1.807) is 0 Å². The highest BCUT2D eigenvalue weighted by molar-refractivity contribution is 7.89. The molecule has 2 saturated heterocycles. The van der Waals surface area contributed by atoms with Gasteiger partial charge in [-0.3, -0.25) is 9.69 Å². The van der Waals surface area contributed by atoms with Crippen molar-refractivity contribution in [2.75, 3.05) is 37.2 Å². The molecule has 7 heteroatoms. The van der Waals surface area contributed by atoms with Crippen molar-refractivity contribution in [3.63, 3.8) is 0 Å². The van der Waals surface area contributed by atoms with Gasteiger partial charge >= 0.3 is 0 Å². The van der Waals surface area contributed by atoms with E-state index in [2.05, 4.69) is 17.1 Å². The van der Waals surface area contributed by atoms with Crippen LogP contribution in [0.4, 0.5) is 5.69 Å². The summed E-state index contributed by atoms with van der Waals surface area (Å²) in [5, 5.41) is 2.78. The fraction of sp³-hybridized carbons (Fsp3) is 0.611. The van der Waals surface area contributed by atoms with Gasteiger partial charge in [0.2, 0.25) is 15.9 Å². The molecule has 0 unspecified atom stereocenters. The van der Waals surface area contributed by atoms with E-state index in [0.29, 0.717) is 18.7 Å². The molecule has 0 atom stereocenters. The highest BCUT2D eigenvalue weighted by Crippen LogP contribution is 2.19. The number of nitrogens with one attached hydrogen (secondary N) is 1. The fourth-order valence-electron chi connectivity index (χ4n) is 3.40. The molecule has 6 nitrogen and oxygen atoms in total. The molecule has 138 valence electrons. The second-order valence-electron chi connectivity index (χ2n) is 7.21. The lowest BCUT2D eigenvalue weighted by Crippen LogP contribution is -2.34. The van der Waals surface area contributed by atoms with Gasteiger partial charge in [0, 0.05) is 18.8 Å².